The second-order valence-electron chi connectivity index (χ2n) is 10.3. The zero-order chi connectivity index (χ0) is 21.6. The Morgan fingerprint density at radius 1 is 1.03 bits per heavy atom. The molecular weight excluding hydrogens is 386 g/mol. The van der Waals surface area contributed by atoms with Crippen molar-refractivity contribution in [3.63, 3.8) is 0 Å². The van der Waals surface area contributed by atoms with Gasteiger partial charge in [0.1, 0.15) is 5.75 Å². The molecule has 31 heavy (non-hydrogen) atoms. The average molecular weight is 418 g/mol. The predicted octanol–water partition coefficient (Wildman–Crippen LogP) is 5.42. The van der Waals surface area contributed by atoms with Gasteiger partial charge in [0, 0.05) is 30.4 Å². The lowest BCUT2D eigenvalue weighted by Crippen LogP contribution is -2.49. The summed E-state index contributed by atoms with van der Waals surface area (Å²) < 4.78 is 0. The van der Waals surface area contributed by atoms with Gasteiger partial charge in [-0.3, -0.25) is 5.10 Å². The largest absolute Gasteiger partial charge is 0.507 e. The first-order valence-corrected chi connectivity index (χ1v) is 11.2. The Labute approximate surface area is 183 Å². The molecule has 2 bridgehead atoms. The molecule has 2 aliphatic rings. The van der Waals surface area contributed by atoms with Crippen LogP contribution in [0.25, 0.3) is 22.4 Å². The molecule has 0 radical (unpaired) electrons. The van der Waals surface area contributed by atoms with Gasteiger partial charge in [0.15, 0.2) is 5.82 Å². The molecule has 2 N–H and O–H groups in total. The number of aromatic hydroxyl groups is 1. The summed E-state index contributed by atoms with van der Waals surface area (Å²) in [6.45, 7) is 4.93. The van der Waals surface area contributed by atoms with E-state index >= 15 is 0 Å². The van der Waals surface area contributed by atoms with Crippen LogP contribution >= 0.6 is 0 Å². The molecule has 0 saturated heterocycles. The van der Waals surface area contributed by atoms with Gasteiger partial charge >= 0.3 is 0 Å². The highest BCUT2D eigenvalue weighted by Gasteiger charge is 2.47. The van der Waals surface area contributed by atoms with E-state index in [1.54, 1.807) is 18.5 Å². The molecule has 6 heteroatoms. The SMILES string of the molecule is CN(c1ccc(-c2ccc(-c3cn[nH]c3)cc2O)nn1)C1C[C@]2(C)CCC[C@](C)(C1)C2. The van der Waals surface area contributed by atoms with E-state index in [4.69, 9.17) is 0 Å². The van der Waals surface area contributed by atoms with Gasteiger partial charge in [-0.1, -0.05) is 26.3 Å². The van der Waals surface area contributed by atoms with Crippen LogP contribution in [0.15, 0.2) is 42.7 Å². The molecule has 6 nitrogen and oxygen atoms in total. The quantitative estimate of drug-likeness (QED) is 0.592. The Bertz CT molecular complexity index is 1050. The van der Waals surface area contributed by atoms with E-state index in [0.29, 0.717) is 28.1 Å². The van der Waals surface area contributed by atoms with Gasteiger partial charge in [0.25, 0.3) is 0 Å². The van der Waals surface area contributed by atoms with E-state index in [9.17, 15) is 5.11 Å². The normalized spacial score (nSPS) is 27.8. The Hall–Kier alpha value is -2.89. The topological polar surface area (TPSA) is 77.9 Å². The number of benzene rings is 1. The number of fused-ring (bicyclic) bond motifs is 2. The van der Waals surface area contributed by atoms with E-state index in [-0.39, 0.29) is 5.75 Å². The third-order valence-electron chi connectivity index (χ3n) is 7.54. The summed E-state index contributed by atoms with van der Waals surface area (Å²) in [5.74, 6) is 1.09. The molecule has 2 heterocycles. The number of H-pyrrole nitrogens is 1. The summed E-state index contributed by atoms with van der Waals surface area (Å²) in [4.78, 5) is 2.32. The molecule has 0 amide bonds. The summed E-state index contributed by atoms with van der Waals surface area (Å²) in [7, 11) is 2.15. The number of aromatic nitrogens is 4. The smallest absolute Gasteiger partial charge is 0.151 e. The fraction of sp³-hybridized carbons (Fsp3) is 0.480. The first-order valence-electron chi connectivity index (χ1n) is 11.2. The number of anilines is 1. The molecule has 1 unspecified atom stereocenters. The molecule has 1 aromatic carbocycles. The van der Waals surface area contributed by atoms with Crippen molar-refractivity contribution in [2.24, 2.45) is 10.8 Å². The molecule has 0 aliphatic heterocycles. The van der Waals surface area contributed by atoms with Gasteiger partial charge in [-0.2, -0.15) is 5.10 Å². The number of rotatable bonds is 4. The van der Waals surface area contributed by atoms with Crippen LogP contribution in [0.3, 0.4) is 0 Å². The lowest BCUT2D eigenvalue weighted by molar-refractivity contribution is 0.0141. The number of phenols is 1. The monoisotopic (exact) mass is 417 g/mol. The van der Waals surface area contributed by atoms with Crippen LogP contribution < -0.4 is 4.90 Å². The summed E-state index contributed by atoms with van der Waals surface area (Å²) in [6.07, 6.45) is 11.4. The first kappa shape index (κ1) is 20.0. The van der Waals surface area contributed by atoms with Crippen LogP contribution in [-0.4, -0.2) is 38.6 Å². The lowest BCUT2D eigenvalue weighted by atomic mass is 9.55. The van der Waals surface area contributed by atoms with Gasteiger partial charge in [0.05, 0.1) is 11.9 Å². The second kappa shape index (κ2) is 7.36. The van der Waals surface area contributed by atoms with Gasteiger partial charge in [-0.05, 0) is 72.8 Å². The number of nitrogens with zero attached hydrogens (tertiary/aromatic N) is 4. The summed E-state index contributed by atoms with van der Waals surface area (Å²) in [5, 5.41) is 26.3. The molecule has 2 fully saturated rings. The molecule has 0 spiro atoms. The van der Waals surface area contributed by atoms with Crippen molar-refractivity contribution in [2.75, 3.05) is 11.9 Å². The standard InChI is InChI=1S/C25H31N5O/c1-24-9-4-10-25(2,16-24)13-19(12-24)30(3)23-8-7-21(28-29-23)20-6-5-17(11-22(20)31)18-14-26-27-15-18/h5-8,11,14-15,19,31H,4,9-10,12-13,16H2,1-3H3,(H,26,27)/t19?,24-,25+. The maximum atomic E-state index is 10.6. The summed E-state index contributed by atoms with van der Waals surface area (Å²) in [5.41, 5.74) is 4.09. The van der Waals surface area contributed by atoms with Crippen LogP contribution in [0.2, 0.25) is 0 Å². The van der Waals surface area contributed by atoms with E-state index < -0.39 is 0 Å². The highest BCUT2D eigenvalue weighted by atomic mass is 16.3. The van der Waals surface area contributed by atoms with E-state index in [2.05, 4.69) is 46.2 Å². The van der Waals surface area contributed by atoms with E-state index in [0.717, 1.165) is 16.9 Å². The molecule has 3 aromatic rings. The number of phenolic OH excluding ortho intramolecular Hbond substituents is 1. The molecule has 3 atom stereocenters. The lowest BCUT2D eigenvalue weighted by Gasteiger charge is -2.54. The van der Waals surface area contributed by atoms with Crippen molar-refractivity contribution in [1.82, 2.24) is 20.4 Å². The van der Waals surface area contributed by atoms with Crippen LogP contribution in [0, 0.1) is 10.8 Å². The van der Waals surface area contributed by atoms with E-state index in [1.165, 1.54) is 38.5 Å². The van der Waals surface area contributed by atoms with Crippen molar-refractivity contribution in [3.8, 4) is 28.1 Å². The van der Waals surface area contributed by atoms with Crippen molar-refractivity contribution < 1.29 is 5.11 Å². The second-order valence-corrected chi connectivity index (χ2v) is 10.3. The zero-order valence-corrected chi connectivity index (χ0v) is 18.6. The molecule has 2 aromatic heterocycles. The Balaban J connectivity index is 1.35. The van der Waals surface area contributed by atoms with Gasteiger partial charge < -0.3 is 10.0 Å². The molecular formula is C25H31N5O. The summed E-state index contributed by atoms with van der Waals surface area (Å²) >= 11 is 0. The minimum atomic E-state index is 0.190. The number of hydrogen-bond donors (Lipinski definition) is 2. The highest BCUT2D eigenvalue weighted by molar-refractivity contribution is 5.73. The van der Waals surface area contributed by atoms with Crippen molar-refractivity contribution in [3.05, 3.63) is 42.7 Å². The highest BCUT2D eigenvalue weighted by Crippen LogP contribution is 2.56. The van der Waals surface area contributed by atoms with Gasteiger partial charge in [0.2, 0.25) is 0 Å². The first-order chi connectivity index (χ1) is 14.8. The van der Waals surface area contributed by atoms with Gasteiger partial charge in [-0.15, -0.1) is 10.2 Å². The molecule has 2 saturated carbocycles. The predicted molar refractivity (Wildman–Crippen MR) is 123 cm³/mol. The van der Waals surface area contributed by atoms with E-state index in [1.807, 2.05) is 24.3 Å². The average Bonchev–Trinajstić information content (AvgIpc) is 3.27. The minimum absolute atomic E-state index is 0.190. The van der Waals surface area contributed by atoms with Crippen LogP contribution in [0.4, 0.5) is 5.82 Å². The minimum Gasteiger partial charge on any atom is -0.507 e. The van der Waals surface area contributed by atoms with Crippen molar-refractivity contribution in [2.45, 2.75) is 58.4 Å². The molecule has 5 rings (SSSR count). The fourth-order valence-electron chi connectivity index (χ4n) is 6.16. The third kappa shape index (κ3) is 3.80. The van der Waals surface area contributed by atoms with Crippen molar-refractivity contribution in [1.29, 1.82) is 0 Å². The molecule has 162 valence electrons. The Kier molecular flexibility index (Phi) is 4.76. The molecule has 2 aliphatic carbocycles. The Morgan fingerprint density at radius 3 is 2.42 bits per heavy atom. The third-order valence-corrected chi connectivity index (χ3v) is 7.54. The number of nitrogens with one attached hydrogen (secondary N) is 1. The maximum Gasteiger partial charge on any atom is 0.151 e. The number of aromatic amines is 1. The number of hydrogen-bond acceptors (Lipinski definition) is 5. The summed E-state index contributed by atoms with van der Waals surface area (Å²) in [6, 6.07) is 10.1. The van der Waals surface area contributed by atoms with Crippen LogP contribution in [0.5, 0.6) is 5.75 Å². The van der Waals surface area contributed by atoms with Crippen LogP contribution in [0.1, 0.15) is 52.4 Å². The van der Waals surface area contributed by atoms with Gasteiger partial charge in [-0.25, -0.2) is 0 Å². The van der Waals surface area contributed by atoms with Crippen molar-refractivity contribution >= 4 is 5.82 Å². The fourth-order valence-corrected chi connectivity index (χ4v) is 6.16. The van der Waals surface area contributed by atoms with Crippen LogP contribution in [-0.2, 0) is 0 Å². The maximum absolute atomic E-state index is 10.6. The zero-order valence-electron chi connectivity index (χ0n) is 18.6. The Morgan fingerprint density at radius 2 is 1.81 bits per heavy atom.